The summed E-state index contributed by atoms with van der Waals surface area (Å²) in [5.41, 5.74) is 1.03. The Hall–Kier alpha value is -2.64. The Morgan fingerprint density at radius 2 is 2.22 bits per heavy atom. The van der Waals surface area contributed by atoms with Crippen LogP contribution in [0.4, 0.5) is 5.82 Å². The van der Waals surface area contributed by atoms with Gasteiger partial charge in [-0.25, -0.2) is 5.10 Å². The summed E-state index contributed by atoms with van der Waals surface area (Å²) in [6.45, 7) is 3.24. The maximum absolute atomic E-state index is 12.1. The highest BCUT2D eigenvalue weighted by molar-refractivity contribution is 5.92. The Balaban J connectivity index is 1.66. The largest absolute Gasteiger partial charge is 0.350 e. The molecule has 0 bridgehead atoms. The minimum atomic E-state index is -0.218. The quantitative estimate of drug-likeness (QED) is 0.765. The number of anilines is 1. The van der Waals surface area contributed by atoms with E-state index in [1.807, 2.05) is 6.92 Å². The number of amides is 1. The van der Waals surface area contributed by atoms with Crippen LogP contribution in [0.5, 0.6) is 0 Å². The molecular weight excluding hydrogens is 296 g/mol. The molecule has 0 aliphatic carbocycles. The number of hydrogen-bond donors (Lipinski definition) is 3. The molecule has 0 saturated carbocycles. The maximum atomic E-state index is 12.1. The third kappa shape index (κ3) is 3.58. The number of aromatic amines is 2. The molecule has 122 valence electrons. The van der Waals surface area contributed by atoms with Gasteiger partial charge in [-0.15, -0.1) is 0 Å². The molecule has 1 aliphatic heterocycles. The molecule has 3 rings (SSSR count). The summed E-state index contributed by atoms with van der Waals surface area (Å²) >= 11 is 0. The number of nitrogens with one attached hydrogen (secondary N) is 3. The number of hydrogen-bond acceptors (Lipinski definition) is 5. The second kappa shape index (κ2) is 6.64. The second-order valence-electron chi connectivity index (χ2n) is 5.77. The van der Waals surface area contributed by atoms with Gasteiger partial charge in [-0.2, -0.15) is 10.2 Å². The zero-order chi connectivity index (χ0) is 16.2. The second-order valence-corrected chi connectivity index (χ2v) is 5.77. The van der Waals surface area contributed by atoms with E-state index in [1.165, 1.54) is 6.07 Å². The molecule has 8 nitrogen and oxygen atoms in total. The monoisotopic (exact) mass is 316 g/mol. The third-order valence-electron chi connectivity index (χ3n) is 4.02. The van der Waals surface area contributed by atoms with Crippen molar-refractivity contribution in [3.63, 3.8) is 0 Å². The molecule has 0 spiro atoms. The molecule has 3 N–H and O–H groups in total. The summed E-state index contributed by atoms with van der Waals surface area (Å²) in [4.78, 5) is 25.4. The van der Waals surface area contributed by atoms with Gasteiger partial charge >= 0.3 is 0 Å². The molecule has 1 atom stereocenters. The van der Waals surface area contributed by atoms with Crippen molar-refractivity contribution in [2.24, 2.45) is 0 Å². The number of carbonyl (C=O) groups is 1. The average molecular weight is 316 g/mol. The first-order valence-corrected chi connectivity index (χ1v) is 7.76. The van der Waals surface area contributed by atoms with E-state index in [4.69, 9.17) is 0 Å². The number of H-pyrrole nitrogens is 2. The van der Waals surface area contributed by atoms with Crippen molar-refractivity contribution in [3.8, 4) is 0 Å². The molecule has 1 aliphatic rings. The minimum Gasteiger partial charge on any atom is -0.350 e. The average Bonchev–Trinajstić information content (AvgIpc) is 3.00. The van der Waals surface area contributed by atoms with Crippen LogP contribution in [0, 0.1) is 6.92 Å². The molecule has 1 saturated heterocycles. The standard InChI is InChI=1S/C15H20N6O2/c1-10-8-12(18-17-10)15(23)16-9-11-4-2-3-7-21(11)13-5-6-14(22)20-19-13/h5-6,8,11H,2-4,7,9H2,1H3,(H,16,23)(H,17,18)(H,20,22). The highest BCUT2D eigenvalue weighted by atomic mass is 16.2. The van der Waals surface area contributed by atoms with Crippen LogP contribution in [0.15, 0.2) is 23.0 Å². The molecular formula is C15H20N6O2. The number of carbonyl (C=O) groups excluding carboxylic acids is 1. The van der Waals surface area contributed by atoms with Crippen LogP contribution in [0.3, 0.4) is 0 Å². The molecule has 0 aromatic carbocycles. The lowest BCUT2D eigenvalue weighted by atomic mass is 10.0. The highest BCUT2D eigenvalue weighted by Gasteiger charge is 2.24. The van der Waals surface area contributed by atoms with Crippen molar-refractivity contribution in [1.82, 2.24) is 25.7 Å². The van der Waals surface area contributed by atoms with Gasteiger partial charge in [0.1, 0.15) is 11.5 Å². The fourth-order valence-corrected chi connectivity index (χ4v) is 2.85. The number of piperidine rings is 1. The number of aromatic nitrogens is 4. The molecule has 1 fully saturated rings. The van der Waals surface area contributed by atoms with Crippen LogP contribution in [0.1, 0.15) is 35.4 Å². The lowest BCUT2D eigenvalue weighted by Gasteiger charge is -2.36. The zero-order valence-electron chi connectivity index (χ0n) is 13.0. The molecule has 2 aromatic heterocycles. The van der Waals surface area contributed by atoms with Crippen LogP contribution in [-0.4, -0.2) is 45.4 Å². The predicted octanol–water partition coefficient (Wildman–Crippen LogP) is 0.590. The molecule has 2 aromatic rings. The molecule has 3 heterocycles. The first kappa shape index (κ1) is 15.3. The van der Waals surface area contributed by atoms with Gasteiger partial charge in [0, 0.05) is 30.9 Å². The number of nitrogens with zero attached hydrogens (tertiary/aromatic N) is 3. The molecule has 1 unspecified atom stereocenters. The van der Waals surface area contributed by atoms with Crippen LogP contribution in [-0.2, 0) is 0 Å². The lowest BCUT2D eigenvalue weighted by molar-refractivity contribution is 0.0944. The molecule has 0 radical (unpaired) electrons. The fraction of sp³-hybridized carbons (Fsp3) is 0.467. The summed E-state index contributed by atoms with van der Waals surface area (Å²) in [7, 11) is 0. The van der Waals surface area contributed by atoms with Crippen molar-refractivity contribution in [1.29, 1.82) is 0 Å². The van der Waals surface area contributed by atoms with Gasteiger partial charge in [0.05, 0.1) is 0 Å². The highest BCUT2D eigenvalue weighted by Crippen LogP contribution is 2.21. The van der Waals surface area contributed by atoms with E-state index in [2.05, 4.69) is 30.6 Å². The van der Waals surface area contributed by atoms with Gasteiger partial charge in [-0.1, -0.05) is 0 Å². The van der Waals surface area contributed by atoms with Gasteiger partial charge in [-0.3, -0.25) is 14.7 Å². The lowest BCUT2D eigenvalue weighted by Crippen LogP contribution is -2.47. The van der Waals surface area contributed by atoms with Crippen molar-refractivity contribution >= 4 is 11.7 Å². The number of aryl methyl sites for hydroxylation is 1. The summed E-state index contributed by atoms with van der Waals surface area (Å²) < 4.78 is 0. The van der Waals surface area contributed by atoms with Gasteiger partial charge in [0.15, 0.2) is 0 Å². The van der Waals surface area contributed by atoms with E-state index < -0.39 is 0 Å². The van der Waals surface area contributed by atoms with E-state index in [0.29, 0.717) is 12.2 Å². The Morgan fingerprint density at radius 1 is 1.35 bits per heavy atom. The van der Waals surface area contributed by atoms with E-state index in [0.717, 1.165) is 37.3 Å². The Morgan fingerprint density at radius 3 is 2.91 bits per heavy atom. The molecule has 23 heavy (non-hydrogen) atoms. The first-order chi connectivity index (χ1) is 11.1. The summed E-state index contributed by atoms with van der Waals surface area (Å²) in [5, 5.41) is 16.2. The van der Waals surface area contributed by atoms with Crippen molar-refractivity contribution in [2.75, 3.05) is 18.0 Å². The molecule has 8 heteroatoms. The topological polar surface area (TPSA) is 107 Å². The van der Waals surface area contributed by atoms with E-state index in [1.54, 1.807) is 12.1 Å². The summed E-state index contributed by atoms with van der Waals surface area (Å²) in [5.74, 6) is 0.550. The minimum absolute atomic E-state index is 0.158. The smallest absolute Gasteiger partial charge is 0.271 e. The van der Waals surface area contributed by atoms with Gasteiger partial charge in [0.25, 0.3) is 11.5 Å². The fourth-order valence-electron chi connectivity index (χ4n) is 2.85. The van der Waals surface area contributed by atoms with E-state index >= 15 is 0 Å². The maximum Gasteiger partial charge on any atom is 0.271 e. The van der Waals surface area contributed by atoms with Crippen molar-refractivity contribution in [2.45, 2.75) is 32.2 Å². The van der Waals surface area contributed by atoms with Crippen molar-refractivity contribution in [3.05, 3.63) is 39.9 Å². The summed E-state index contributed by atoms with van der Waals surface area (Å²) in [6.07, 6.45) is 3.16. The SMILES string of the molecule is Cc1cc(C(=O)NCC2CCCCN2c2ccc(=O)[nH]n2)n[nH]1. The third-order valence-corrected chi connectivity index (χ3v) is 4.02. The first-order valence-electron chi connectivity index (χ1n) is 7.76. The van der Waals surface area contributed by atoms with Crippen LogP contribution < -0.4 is 15.8 Å². The van der Waals surface area contributed by atoms with Crippen LogP contribution >= 0.6 is 0 Å². The summed E-state index contributed by atoms with van der Waals surface area (Å²) in [6, 6.07) is 5.07. The molecule has 1 amide bonds. The van der Waals surface area contributed by atoms with Gasteiger partial charge in [0.2, 0.25) is 0 Å². The Kier molecular flexibility index (Phi) is 4.40. The zero-order valence-corrected chi connectivity index (χ0v) is 13.0. The Bertz CT molecular complexity index is 717. The van der Waals surface area contributed by atoms with Gasteiger partial charge in [-0.05, 0) is 38.3 Å². The number of rotatable bonds is 4. The predicted molar refractivity (Wildman–Crippen MR) is 85.5 cm³/mol. The Labute approximate surface area is 133 Å². The normalized spacial score (nSPS) is 18.0. The van der Waals surface area contributed by atoms with Crippen LogP contribution in [0.2, 0.25) is 0 Å². The van der Waals surface area contributed by atoms with E-state index in [9.17, 15) is 9.59 Å². The van der Waals surface area contributed by atoms with E-state index in [-0.39, 0.29) is 17.5 Å². The van der Waals surface area contributed by atoms with Crippen molar-refractivity contribution < 1.29 is 4.79 Å². The van der Waals surface area contributed by atoms with Gasteiger partial charge < -0.3 is 10.2 Å². The van der Waals surface area contributed by atoms with Crippen LogP contribution in [0.25, 0.3) is 0 Å².